The summed E-state index contributed by atoms with van der Waals surface area (Å²) in [6, 6.07) is 2.18. The van der Waals surface area contributed by atoms with Crippen LogP contribution in [0.15, 0.2) is 24.5 Å². The number of imidazole rings is 2. The lowest BCUT2D eigenvalue weighted by Crippen LogP contribution is -2.51. The highest BCUT2D eigenvalue weighted by atomic mass is 32.1. The third-order valence-corrected chi connectivity index (χ3v) is 12.1. The van der Waals surface area contributed by atoms with E-state index in [9.17, 15) is 19.2 Å². The molecule has 18 heteroatoms. The Bertz CT molecular complexity index is 1990. The number of hydrogen-bond acceptors (Lipinski definition) is 12. The number of fused-ring (bicyclic) bond motifs is 2. The number of carbonyl (C=O) groups is 4. The maximum absolute atomic E-state index is 13.6. The Hall–Kier alpha value is -5.10. The molecule has 5 aromatic rings. The number of nitrogens with zero attached hydrogens (tertiary/aromatic N) is 6. The van der Waals surface area contributed by atoms with E-state index in [1.165, 1.54) is 36.9 Å². The van der Waals surface area contributed by atoms with Gasteiger partial charge in [0.05, 0.1) is 70.5 Å². The van der Waals surface area contributed by atoms with Crippen LogP contribution in [-0.4, -0.2) is 103 Å². The van der Waals surface area contributed by atoms with Crippen molar-refractivity contribution in [2.24, 2.45) is 11.8 Å². The minimum absolute atomic E-state index is 0.119. The number of methoxy groups -OCH3 is 2. The van der Waals surface area contributed by atoms with Crippen molar-refractivity contribution in [1.82, 2.24) is 50.3 Å². The summed E-state index contributed by atoms with van der Waals surface area (Å²) in [5.41, 5.74) is 3.21. The minimum Gasteiger partial charge on any atom is -0.453 e. The fraction of sp³-hybridized carbons (Fsp3) is 0.500. The Labute approximate surface area is 319 Å². The van der Waals surface area contributed by atoms with Crippen LogP contribution < -0.4 is 10.6 Å². The lowest BCUT2D eigenvalue weighted by atomic mass is 10.0. The maximum Gasteiger partial charge on any atom is 0.407 e. The molecule has 2 aliphatic heterocycles. The van der Waals surface area contributed by atoms with Gasteiger partial charge in [-0.25, -0.2) is 29.5 Å². The zero-order valence-electron chi connectivity index (χ0n) is 31.0. The van der Waals surface area contributed by atoms with Crippen molar-refractivity contribution in [1.29, 1.82) is 0 Å². The topological polar surface area (TPSA) is 200 Å². The first-order chi connectivity index (χ1) is 25.9. The van der Waals surface area contributed by atoms with Gasteiger partial charge in [0.1, 0.15) is 33.7 Å². The molecule has 1 aromatic carbocycles. The summed E-state index contributed by atoms with van der Waals surface area (Å²) in [6.07, 6.45) is 5.42. The van der Waals surface area contributed by atoms with Gasteiger partial charge in [-0.2, -0.15) is 0 Å². The van der Waals surface area contributed by atoms with Gasteiger partial charge >= 0.3 is 12.2 Å². The van der Waals surface area contributed by atoms with E-state index in [-0.39, 0.29) is 35.7 Å². The van der Waals surface area contributed by atoms with Crippen LogP contribution >= 0.6 is 22.7 Å². The molecular weight excluding hydrogens is 733 g/mol. The summed E-state index contributed by atoms with van der Waals surface area (Å²) in [7, 11) is 2.57. The van der Waals surface area contributed by atoms with Crippen molar-refractivity contribution in [3.63, 3.8) is 0 Å². The number of aromatic amines is 2. The third kappa shape index (κ3) is 7.23. The normalized spacial score (nSPS) is 18.5. The molecule has 0 spiro atoms. The van der Waals surface area contributed by atoms with Crippen LogP contribution in [0.4, 0.5) is 9.59 Å². The number of H-pyrrole nitrogens is 2. The van der Waals surface area contributed by atoms with Gasteiger partial charge in [0, 0.05) is 13.1 Å². The summed E-state index contributed by atoms with van der Waals surface area (Å²) in [5.74, 6) is 0.817. The standard InChI is InChI=1S/C36H44N10O6S2/c1-17(2)27(43-35(49)51-5)33(47)45-11-7-9-23(45)29-37-15-21(39-29)31-41-19-13-26-20(14-25(19)53-31)42-32(54-26)22-16-38-30(40-22)24-10-8-12-46(24)34(48)28(18(3)4)44-36(50)52-6/h13-18,23-24,27-28H,7-12H2,1-6H3,(H,37,39)(H,38,40)(H,43,49)(H,44,50)/t23-,24-,27+,28+/m0/s1. The van der Waals surface area contributed by atoms with Gasteiger partial charge < -0.3 is 39.9 Å². The first-order valence-corrected chi connectivity index (χ1v) is 19.7. The highest BCUT2D eigenvalue weighted by molar-refractivity contribution is 7.23. The Kier molecular flexibility index (Phi) is 10.6. The molecule has 2 saturated heterocycles. The summed E-state index contributed by atoms with van der Waals surface area (Å²) in [4.78, 5) is 80.6. The molecule has 2 aliphatic rings. The second-order valence-electron chi connectivity index (χ2n) is 14.3. The van der Waals surface area contributed by atoms with Gasteiger partial charge in [-0.15, -0.1) is 22.7 Å². The van der Waals surface area contributed by atoms with Gasteiger partial charge in [-0.3, -0.25) is 9.59 Å². The smallest absolute Gasteiger partial charge is 0.407 e. The molecule has 2 fully saturated rings. The third-order valence-electron chi connectivity index (χ3n) is 10.0. The number of carbonyl (C=O) groups excluding carboxylic acids is 4. The Balaban J connectivity index is 1.07. The van der Waals surface area contributed by atoms with Crippen LogP contribution in [0.2, 0.25) is 0 Å². The zero-order valence-corrected chi connectivity index (χ0v) is 32.6. The van der Waals surface area contributed by atoms with E-state index in [1.54, 1.807) is 22.2 Å². The van der Waals surface area contributed by atoms with Crippen molar-refractivity contribution < 1.29 is 28.7 Å². The number of aromatic nitrogens is 6. The number of likely N-dealkylation sites (tertiary alicyclic amines) is 2. The zero-order chi connectivity index (χ0) is 38.3. The number of amides is 4. The maximum atomic E-state index is 13.6. The molecular formula is C36H44N10O6S2. The summed E-state index contributed by atoms with van der Waals surface area (Å²) >= 11 is 3.07. The Morgan fingerprint density at radius 1 is 0.722 bits per heavy atom. The van der Waals surface area contributed by atoms with Crippen LogP contribution in [0.25, 0.3) is 41.8 Å². The number of benzene rings is 1. The van der Waals surface area contributed by atoms with E-state index < -0.39 is 24.3 Å². The van der Waals surface area contributed by atoms with E-state index in [2.05, 4.69) is 30.6 Å². The fourth-order valence-corrected chi connectivity index (χ4v) is 9.09. The molecule has 0 aliphatic carbocycles. The van der Waals surface area contributed by atoms with E-state index in [4.69, 9.17) is 19.4 Å². The summed E-state index contributed by atoms with van der Waals surface area (Å²) in [6.45, 7) is 8.72. The summed E-state index contributed by atoms with van der Waals surface area (Å²) < 4.78 is 11.5. The average Bonchev–Trinajstić information content (AvgIpc) is 4.00. The number of nitrogens with one attached hydrogen (secondary N) is 4. The molecule has 0 unspecified atom stereocenters. The van der Waals surface area contributed by atoms with Crippen molar-refractivity contribution in [2.45, 2.75) is 77.5 Å². The first kappa shape index (κ1) is 37.2. The fourth-order valence-electron chi connectivity index (χ4n) is 7.19. The van der Waals surface area contributed by atoms with E-state index in [0.717, 1.165) is 67.5 Å². The molecule has 4 N–H and O–H groups in total. The molecule has 16 nitrogen and oxygen atoms in total. The predicted octanol–water partition coefficient (Wildman–Crippen LogP) is 5.77. The van der Waals surface area contributed by atoms with Crippen LogP contribution in [0, 0.1) is 11.8 Å². The van der Waals surface area contributed by atoms with Crippen molar-refractivity contribution in [3.05, 3.63) is 36.2 Å². The average molecular weight is 777 g/mol. The molecule has 6 heterocycles. The summed E-state index contributed by atoms with van der Waals surface area (Å²) in [5, 5.41) is 6.93. The second-order valence-corrected chi connectivity index (χ2v) is 16.3. The van der Waals surface area contributed by atoms with Crippen molar-refractivity contribution >= 4 is 67.1 Å². The second kappa shape index (κ2) is 15.3. The number of thiazole rings is 2. The van der Waals surface area contributed by atoms with Crippen LogP contribution in [0.1, 0.15) is 77.1 Å². The first-order valence-electron chi connectivity index (χ1n) is 18.1. The predicted molar refractivity (Wildman–Crippen MR) is 204 cm³/mol. The van der Waals surface area contributed by atoms with Gasteiger partial charge in [0.2, 0.25) is 11.8 Å². The van der Waals surface area contributed by atoms with Crippen LogP contribution in [-0.2, 0) is 19.1 Å². The number of alkyl carbamates (subject to hydrolysis) is 2. The number of rotatable bonds is 10. The van der Waals surface area contributed by atoms with E-state index in [1.807, 2.05) is 39.8 Å². The van der Waals surface area contributed by atoms with Gasteiger partial charge in [-0.05, 0) is 49.7 Å². The van der Waals surface area contributed by atoms with E-state index >= 15 is 0 Å². The Morgan fingerprint density at radius 2 is 1.13 bits per heavy atom. The van der Waals surface area contributed by atoms with Crippen LogP contribution in [0.3, 0.4) is 0 Å². The van der Waals surface area contributed by atoms with Crippen molar-refractivity contribution in [2.75, 3.05) is 27.3 Å². The highest BCUT2D eigenvalue weighted by Crippen LogP contribution is 2.39. The lowest BCUT2D eigenvalue weighted by Gasteiger charge is -2.29. The molecule has 0 radical (unpaired) electrons. The monoisotopic (exact) mass is 776 g/mol. The number of hydrogen-bond donors (Lipinski definition) is 4. The molecule has 286 valence electrons. The largest absolute Gasteiger partial charge is 0.453 e. The number of ether oxygens (including phenoxy) is 2. The van der Waals surface area contributed by atoms with Gasteiger partial charge in [0.15, 0.2) is 0 Å². The van der Waals surface area contributed by atoms with Gasteiger partial charge in [0.25, 0.3) is 0 Å². The quantitative estimate of drug-likeness (QED) is 0.135. The van der Waals surface area contributed by atoms with E-state index in [0.29, 0.717) is 24.7 Å². The van der Waals surface area contributed by atoms with Crippen LogP contribution in [0.5, 0.6) is 0 Å². The SMILES string of the molecule is COC(=O)N[C@@H](C(=O)N1CCC[C@H]1c1ncc(-c2nc3cc4sc(-c5cnc([C@@H]6CCCN6C(=O)[C@H](NC(=O)OC)C(C)C)[nH]5)nc4cc3s2)[nH]1)C(C)C. The lowest BCUT2D eigenvalue weighted by molar-refractivity contribution is -0.136. The highest BCUT2D eigenvalue weighted by Gasteiger charge is 2.39. The molecule has 4 amide bonds. The van der Waals surface area contributed by atoms with Gasteiger partial charge in [-0.1, -0.05) is 27.7 Å². The molecule has 54 heavy (non-hydrogen) atoms. The minimum atomic E-state index is -0.704. The Morgan fingerprint density at radius 3 is 1.50 bits per heavy atom. The molecule has 4 atom stereocenters. The molecule has 7 rings (SSSR count). The molecule has 0 saturated carbocycles. The molecule has 0 bridgehead atoms. The molecule has 4 aromatic heterocycles. The van der Waals surface area contributed by atoms with Crippen molar-refractivity contribution in [3.8, 4) is 21.4 Å².